The molecule has 1 aromatic rings. The predicted molar refractivity (Wildman–Crippen MR) is 148 cm³/mol. The number of Topliss-reactive ketones (excluding diaryl/α,β-unsaturated/α-hetero) is 1. The lowest BCUT2D eigenvalue weighted by Crippen LogP contribution is -2.36. The number of aromatic nitrogens is 1. The van der Waals surface area contributed by atoms with E-state index in [1.165, 1.54) is 37.8 Å². The molecule has 1 aliphatic carbocycles. The van der Waals surface area contributed by atoms with E-state index in [-0.39, 0.29) is 12.2 Å². The van der Waals surface area contributed by atoms with Gasteiger partial charge in [-0.1, -0.05) is 46.5 Å². The molecule has 1 saturated carbocycles. The molecule has 200 valence electrons. The highest BCUT2D eigenvalue weighted by atomic mass is 16.5. The number of aliphatic hydroxyl groups is 1. The van der Waals surface area contributed by atoms with Gasteiger partial charge in [0, 0.05) is 31.6 Å². The number of pyridine rings is 1. The van der Waals surface area contributed by atoms with Crippen LogP contribution in [0.5, 0.6) is 0 Å². The average Bonchev–Trinajstić information content (AvgIpc) is 2.78. The number of hydrogen-bond donors (Lipinski definition) is 1. The summed E-state index contributed by atoms with van der Waals surface area (Å²) in [6, 6.07) is 4.16. The maximum atomic E-state index is 10.9. The van der Waals surface area contributed by atoms with E-state index >= 15 is 0 Å². The van der Waals surface area contributed by atoms with Crippen LogP contribution in [0, 0.1) is 12.8 Å². The van der Waals surface area contributed by atoms with Crippen molar-refractivity contribution in [1.82, 2.24) is 4.98 Å². The van der Waals surface area contributed by atoms with Crippen LogP contribution in [-0.4, -0.2) is 53.5 Å². The summed E-state index contributed by atoms with van der Waals surface area (Å²) >= 11 is 0. The third-order valence-electron chi connectivity index (χ3n) is 6.13. The highest BCUT2D eigenvalue weighted by molar-refractivity contribution is 5.84. The summed E-state index contributed by atoms with van der Waals surface area (Å²) < 4.78 is 5.37. The fourth-order valence-electron chi connectivity index (χ4n) is 3.78. The van der Waals surface area contributed by atoms with E-state index < -0.39 is 5.60 Å². The number of carbonyl (C=O) groups excluding carboxylic acids is 1. The van der Waals surface area contributed by atoms with Gasteiger partial charge in [0.1, 0.15) is 11.6 Å². The van der Waals surface area contributed by atoms with Gasteiger partial charge in [-0.05, 0) is 65.0 Å². The smallest absolute Gasteiger partial charge is 0.135 e. The van der Waals surface area contributed by atoms with Gasteiger partial charge in [0.05, 0.1) is 30.2 Å². The first kappa shape index (κ1) is 31.2. The molecule has 1 aliphatic heterocycles. The first-order valence-corrected chi connectivity index (χ1v) is 13.6. The molecule has 0 unspecified atom stereocenters. The van der Waals surface area contributed by atoms with Crippen LogP contribution in [0.2, 0.25) is 0 Å². The normalized spacial score (nSPS) is 16.5. The number of anilines is 1. The minimum atomic E-state index is -0.827. The maximum Gasteiger partial charge on any atom is 0.135 e. The van der Waals surface area contributed by atoms with E-state index in [0.29, 0.717) is 6.42 Å². The maximum absolute atomic E-state index is 10.9. The van der Waals surface area contributed by atoms with Crippen molar-refractivity contribution in [3.8, 4) is 0 Å². The summed E-state index contributed by atoms with van der Waals surface area (Å²) in [6.45, 7) is 17.3. The average molecular weight is 490 g/mol. The number of aryl methyl sites for hydroxylation is 1. The molecule has 0 spiro atoms. The Morgan fingerprint density at radius 1 is 1.17 bits per heavy atom. The van der Waals surface area contributed by atoms with Gasteiger partial charge in [-0.15, -0.1) is 0 Å². The molecule has 2 fully saturated rings. The number of carbonyl (C=O) groups is 1. The first-order chi connectivity index (χ1) is 16.6. The van der Waals surface area contributed by atoms with Crippen molar-refractivity contribution in [2.24, 2.45) is 10.9 Å². The molecule has 35 heavy (non-hydrogen) atoms. The largest absolute Gasteiger partial charge is 0.390 e. The molecule has 0 atom stereocenters. The Morgan fingerprint density at radius 3 is 2.26 bits per heavy atom. The molecular weight excluding hydrogens is 438 g/mol. The zero-order valence-electron chi connectivity index (χ0n) is 23.5. The minimum absolute atomic E-state index is 0.148. The molecule has 0 radical (unpaired) electrons. The van der Waals surface area contributed by atoms with E-state index in [1.807, 2.05) is 13.8 Å². The van der Waals surface area contributed by atoms with Crippen molar-refractivity contribution >= 4 is 23.0 Å². The Labute approximate surface area is 214 Å². The summed E-state index contributed by atoms with van der Waals surface area (Å²) in [6.07, 6.45) is 9.68. The molecule has 1 N–H and O–H groups in total. The molecule has 1 saturated heterocycles. The van der Waals surface area contributed by atoms with Gasteiger partial charge in [0.2, 0.25) is 0 Å². The van der Waals surface area contributed by atoms with E-state index in [9.17, 15) is 9.90 Å². The van der Waals surface area contributed by atoms with Crippen LogP contribution in [-0.2, 0) is 9.53 Å². The van der Waals surface area contributed by atoms with Crippen LogP contribution >= 0.6 is 0 Å². The van der Waals surface area contributed by atoms with E-state index in [2.05, 4.69) is 37.8 Å². The van der Waals surface area contributed by atoms with Gasteiger partial charge in [0.15, 0.2) is 0 Å². The molecule has 1 aromatic heterocycles. The summed E-state index contributed by atoms with van der Waals surface area (Å²) in [5, 5.41) is 9.19. The number of unbranched alkanes of at least 4 members (excludes halogenated alkanes) is 1. The molecule has 6 nitrogen and oxygen atoms in total. The predicted octanol–water partition coefficient (Wildman–Crippen LogP) is 6.83. The third kappa shape index (κ3) is 14.4. The monoisotopic (exact) mass is 489 g/mol. The molecule has 0 aromatic carbocycles. The van der Waals surface area contributed by atoms with Gasteiger partial charge >= 0.3 is 0 Å². The van der Waals surface area contributed by atoms with Crippen LogP contribution in [0.1, 0.15) is 105 Å². The topological polar surface area (TPSA) is 75.0 Å². The SMILES string of the molecule is CC1CCC1.CCCC(=O)CC(C)(C)O.CCCCC(C)=Nc1ccc(N2CCOCC2)nc1C. The first-order valence-electron chi connectivity index (χ1n) is 13.6. The molecule has 0 amide bonds. The van der Waals surface area contributed by atoms with Crippen molar-refractivity contribution in [3.05, 3.63) is 17.8 Å². The van der Waals surface area contributed by atoms with Crippen LogP contribution in [0.15, 0.2) is 17.1 Å². The van der Waals surface area contributed by atoms with Crippen LogP contribution in [0.4, 0.5) is 11.5 Å². The van der Waals surface area contributed by atoms with E-state index in [4.69, 9.17) is 14.7 Å². The second-order valence-corrected chi connectivity index (χ2v) is 10.6. The Morgan fingerprint density at radius 2 is 1.80 bits per heavy atom. The van der Waals surface area contributed by atoms with Crippen LogP contribution in [0.3, 0.4) is 0 Å². The lowest BCUT2D eigenvalue weighted by molar-refractivity contribution is -0.122. The van der Waals surface area contributed by atoms with Gasteiger partial charge in [-0.3, -0.25) is 9.79 Å². The second-order valence-electron chi connectivity index (χ2n) is 10.6. The molecule has 2 aliphatic rings. The van der Waals surface area contributed by atoms with Crippen LogP contribution < -0.4 is 4.90 Å². The van der Waals surface area contributed by atoms with Crippen molar-refractivity contribution in [3.63, 3.8) is 0 Å². The van der Waals surface area contributed by atoms with Crippen molar-refractivity contribution < 1.29 is 14.6 Å². The van der Waals surface area contributed by atoms with Gasteiger partial charge in [-0.25, -0.2) is 4.98 Å². The molecular formula is C29H51N3O3. The fraction of sp³-hybridized carbons (Fsp3) is 0.759. The minimum Gasteiger partial charge on any atom is -0.390 e. The molecule has 2 heterocycles. The third-order valence-corrected chi connectivity index (χ3v) is 6.13. The second kappa shape index (κ2) is 16.8. The van der Waals surface area contributed by atoms with Crippen molar-refractivity contribution in [2.75, 3.05) is 31.2 Å². The number of ketones is 1. The van der Waals surface area contributed by atoms with Crippen molar-refractivity contribution in [1.29, 1.82) is 0 Å². The Balaban J connectivity index is 0.000000337. The highest BCUT2D eigenvalue weighted by Gasteiger charge is 2.16. The van der Waals surface area contributed by atoms with Crippen molar-refractivity contribution in [2.45, 2.75) is 112 Å². The van der Waals surface area contributed by atoms with Crippen LogP contribution in [0.25, 0.3) is 0 Å². The molecule has 3 rings (SSSR count). The summed E-state index contributed by atoms with van der Waals surface area (Å²) in [4.78, 5) is 22.6. The Hall–Kier alpha value is -1.79. The number of rotatable bonds is 9. The number of hydrogen-bond acceptors (Lipinski definition) is 6. The van der Waals surface area contributed by atoms with E-state index in [1.54, 1.807) is 13.8 Å². The standard InChI is InChI=1S/C16H25N3O.C8H16O2.C5H10/c1-4-5-6-13(2)17-15-7-8-16(18-14(15)3)19-9-11-20-12-10-19;1-4-5-7(9)6-8(2,3)10;1-5-3-2-4-5/h7-8H,4-6,9-12H2,1-3H3;10H,4-6H2,1-3H3;5H,2-4H2,1H3. The fourth-order valence-corrected chi connectivity index (χ4v) is 3.78. The number of ether oxygens (including phenoxy) is 1. The Bertz CT molecular complexity index is 761. The number of nitrogens with zero attached hydrogens (tertiary/aromatic N) is 3. The van der Waals surface area contributed by atoms with Gasteiger partial charge in [0.25, 0.3) is 0 Å². The number of aliphatic imine (C=N–C) groups is 1. The molecule has 6 heteroatoms. The zero-order chi connectivity index (χ0) is 26.3. The quantitative estimate of drug-likeness (QED) is 0.385. The summed E-state index contributed by atoms with van der Waals surface area (Å²) in [5.41, 5.74) is 2.36. The summed E-state index contributed by atoms with van der Waals surface area (Å²) in [7, 11) is 0. The highest BCUT2D eigenvalue weighted by Crippen LogP contribution is 2.24. The number of morpholine rings is 1. The van der Waals surface area contributed by atoms with Gasteiger partial charge in [-0.2, -0.15) is 0 Å². The lowest BCUT2D eigenvalue weighted by Gasteiger charge is -2.28. The summed E-state index contributed by atoms with van der Waals surface area (Å²) in [5.74, 6) is 2.25. The zero-order valence-corrected chi connectivity index (χ0v) is 23.5. The lowest BCUT2D eigenvalue weighted by atomic mass is 9.88. The molecule has 0 bridgehead atoms. The van der Waals surface area contributed by atoms with E-state index in [0.717, 1.165) is 62.3 Å². The Kier molecular flexibility index (Phi) is 15.0. The van der Waals surface area contributed by atoms with Gasteiger partial charge < -0.3 is 14.7 Å².